The minimum atomic E-state index is -0.850. The van der Waals surface area contributed by atoms with E-state index in [4.69, 9.17) is 14.9 Å². The second-order valence-electron chi connectivity index (χ2n) is 7.48. The van der Waals surface area contributed by atoms with Gasteiger partial charge >= 0.3 is 0 Å². The van der Waals surface area contributed by atoms with Gasteiger partial charge in [0, 0.05) is 18.7 Å². The van der Waals surface area contributed by atoms with Crippen molar-refractivity contribution in [3.05, 3.63) is 65.2 Å². The summed E-state index contributed by atoms with van der Waals surface area (Å²) in [5.74, 6) is 1.99. The molecule has 2 aromatic rings. The molecule has 0 unspecified atom stereocenters. The third kappa shape index (κ3) is 3.57. The highest BCUT2D eigenvalue weighted by molar-refractivity contribution is 5.96. The molecule has 5 nitrogen and oxygen atoms in total. The number of methoxy groups -OCH3 is 1. The number of amidine groups is 1. The number of likely N-dealkylation sites (tertiary alicyclic amines) is 1. The van der Waals surface area contributed by atoms with Crippen LogP contribution in [-0.2, 0) is 10.3 Å². The van der Waals surface area contributed by atoms with E-state index in [2.05, 4.69) is 17.0 Å². The van der Waals surface area contributed by atoms with E-state index in [1.807, 2.05) is 36.4 Å². The predicted molar refractivity (Wildman–Crippen MR) is 105 cm³/mol. The molecule has 0 saturated carbocycles. The number of nitrogens with one attached hydrogen (secondary N) is 1. The summed E-state index contributed by atoms with van der Waals surface area (Å²) < 4.78 is 10.4. The first kappa shape index (κ1) is 18.0. The lowest BCUT2D eigenvalue weighted by atomic mass is 9.89. The number of nitrogens with zero attached hydrogens (tertiary/aromatic N) is 1. The molecule has 2 aliphatic heterocycles. The maximum Gasteiger partial charge on any atom is 0.136 e. The molecule has 2 heterocycles. The number of hydrogen-bond acceptors (Lipinski definition) is 4. The average molecular weight is 366 g/mol. The van der Waals surface area contributed by atoms with Crippen LogP contribution in [0.4, 0.5) is 0 Å². The first-order valence-corrected chi connectivity index (χ1v) is 9.47. The molecule has 2 aliphatic rings. The third-order valence-corrected chi connectivity index (χ3v) is 5.78. The molecule has 0 radical (unpaired) electrons. The number of aliphatic hydroxyl groups is 1. The van der Waals surface area contributed by atoms with Crippen molar-refractivity contribution < 1.29 is 14.6 Å². The molecule has 4 rings (SSSR count). The highest BCUT2D eigenvalue weighted by Crippen LogP contribution is 2.31. The molecule has 142 valence electrons. The SMILES string of the molecule is COc1ccc(C2CCN(C(=N)c3ccc(C4(O)COC4)cc3)CC2)cc1. The van der Waals surface area contributed by atoms with Crippen molar-refractivity contribution in [2.75, 3.05) is 33.4 Å². The standard InChI is InChI=1S/C22H26N2O3/c1-26-20-8-4-16(5-9-20)17-10-12-24(13-11-17)21(23)18-2-6-19(7-3-18)22(25)14-27-15-22/h2-9,17,23,25H,10-15H2,1H3. The van der Waals surface area contributed by atoms with Crippen molar-refractivity contribution in [2.45, 2.75) is 24.4 Å². The van der Waals surface area contributed by atoms with Gasteiger partial charge in [0.05, 0.1) is 20.3 Å². The zero-order chi connectivity index (χ0) is 18.9. The van der Waals surface area contributed by atoms with Crippen LogP contribution in [0.5, 0.6) is 5.75 Å². The summed E-state index contributed by atoms with van der Waals surface area (Å²) in [6, 6.07) is 16.0. The summed E-state index contributed by atoms with van der Waals surface area (Å²) >= 11 is 0. The van der Waals surface area contributed by atoms with Gasteiger partial charge in [-0.2, -0.15) is 0 Å². The van der Waals surface area contributed by atoms with Crippen molar-refractivity contribution in [1.29, 1.82) is 5.41 Å². The van der Waals surface area contributed by atoms with Gasteiger partial charge in [-0.1, -0.05) is 36.4 Å². The Hall–Kier alpha value is -2.37. The lowest BCUT2D eigenvalue weighted by Gasteiger charge is -2.37. The van der Waals surface area contributed by atoms with E-state index in [1.165, 1.54) is 5.56 Å². The molecule has 0 atom stereocenters. The molecule has 0 aliphatic carbocycles. The maximum atomic E-state index is 10.3. The fraction of sp³-hybridized carbons (Fsp3) is 0.409. The summed E-state index contributed by atoms with van der Waals surface area (Å²) in [4.78, 5) is 2.15. The van der Waals surface area contributed by atoms with E-state index in [0.29, 0.717) is 25.0 Å². The number of piperidine rings is 1. The van der Waals surface area contributed by atoms with Crippen LogP contribution in [0.2, 0.25) is 0 Å². The van der Waals surface area contributed by atoms with Crippen LogP contribution in [0, 0.1) is 5.41 Å². The van der Waals surface area contributed by atoms with Gasteiger partial charge in [0.1, 0.15) is 17.2 Å². The fourth-order valence-corrected chi connectivity index (χ4v) is 3.90. The van der Waals surface area contributed by atoms with Crippen LogP contribution in [-0.4, -0.2) is 49.3 Å². The highest BCUT2D eigenvalue weighted by atomic mass is 16.5. The summed E-state index contributed by atoms with van der Waals surface area (Å²) in [5.41, 5.74) is 2.26. The Kier molecular flexibility index (Phi) is 4.89. The van der Waals surface area contributed by atoms with E-state index in [1.54, 1.807) is 7.11 Å². The minimum absolute atomic E-state index is 0.350. The largest absolute Gasteiger partial charge is 0.497 e. The lowest BCUT2D eigenvalue weighted by Crippen LogP contribution is -2.46. The van der Waals surface area contributed by atoms with Crippen LogP contribution in [0.1, 0.15) is 35.4 Å². The molecule has 27 heavy (non-hydrogen) atoms. The van der Waals surface area contributed by atoms with Gasteiger partial charge in [-0.05, 0) is 42.0 Å². The summed E-state index contributed by atoms with van der Waals surface area (Å²) in [5, 5.41) is 18.9. The van der Waals surface area contributed by atoms with Crippen molar-refractivity contribution in [1.82, 2.24) is 4.90 Å². The molecular weight excluding hydrogens is 340 g/mol. The van der Waals surface area contributed by atoms with Crippen LogP contribution < -0.4 is 4.74 Å². The number of rotatable bonds is 4. The number of hydrogen-bond donors (Lipinski definition) is 2. The van der Waals surface area contributed by atoms with E-state index < -0.39 is 5.60 Å². The first-order valence-electron chi connectivity index (χ1n) is 9.47. The zero-order valence-electron chi connectivity index (χ0n) is 15.6. The highest BCUT2D eigenvalue weighted by Gasteiger charge is 2.37. The Balaban J connectivity index is 1.36. The van der Waals surface area contributed by atoms with Gasteiger partial charge < -0.3 is 19.5 Å². The van der Waals surface area contributed by atoms with E-state index in [-0.39, 0.29) is 0 Å². The average Bonchev–Trinajstić information content (AvgIpc) is 2.72. The van der Waals surface area contributed by atoms with Crippen LogP contribution >= 0.6 is 0 Å². The third-order valence-electron chi connectivity index (χ3n) is 5.78. The second kappa shape index (κ2) is 7.33. The predicted octanol–water partition coefficient (Wildman–Crippen LogP) is 3.12. The van der Waals surface area contributed by atoms with Gasteiger partial charge in [0.25, 0.3) is 0 Å². The molecule has 2 fully saturated rings. The molecule has 2 aromatic carbocycles. The Morgan fingerprint density at radius 2 is 1.70 bits per heavy atom. The quantitative estimate of drug-likeness (QED) is 0.645. The minimum Gasteiger partial charge on any atom is -0.497 e. The number of ether oxygens (including phenoxy) is 2. The Morgan fingerprint density at radius 3 is 2.22 bits per heavy atom. The summed E-state index contributed by atoms with van der Waals surface area (Å²) in [7, 11) is 1.69. The molecule has 0 bridgehead atoms. The van der Waals surface area contributed by atoms with E-state index >= 15 is 0 Å². The number of benzene rings is 2. The van der Waals surface area contributed by atoms with Crippen LogP contribution in [0.3, 0.4) is 0 Å². The first-order chi connectivity index (χ1) is 13.1. The zero-order valence-corrected chi connectivity index (χ0v) is 15.6. The van der Waals surface area contributed by atoms with Gasteiger partial charge in [0.15, 0.2) is 0 Å². The van der Waals surface area contributed by atoms with Crippen molar-refractivity contribution >= 4 is 5.84 Å². The van der Waals surface area contributed by atoms with E-state index in [9.17, 15) is 5.11 Å². The Labute approximate surface area is 160 Å². The molecule has 0 spiro atoms. The normalized spacial score (nSPS) is 19.4. The molecule has 0 aromatic heterocycles. The summed E-state index contributed by atoms with van der Waals surface area (Å²) in [6.45, 7) is 2.47. The van der Waals surface area contributed by atoms with Crippen LogP contribution in [0.25, 0.3) is 0 Å². The molecule has 0 amide bonds. The van der Waals surface area contributed by atoms with Crippen molar-refractivity contribution in [3.8, 4) is 5.75 Å². The molecule has 5 heteroatoms. The second-order valence-corrected chi connectivity index (χ2v) is 7.48. The van der Waals surface area contributed by atoms with Gasteiger partial charge in [-0.15, -0.1) is 0 Å². The lowest BCUT2D eigenvalue weighted by molar-refractivity contribution is -0.184. The smallest absolute Gasteiger partial charge is 0.136 e. The Bertz CT molecular complexity index is 789. The monoisotopic (exact) mass is 366 g/mol. The van der Waals surface area contributed by atoms with Crippen molar-refractivity contribution in [3.63, 3.8) is 0 Å². The molecule has 2 saturated heterocycles. The topological polar surface area (TPSA) is 65.8 Å². The summed E-state index contributed by atoms with van der Waals surface area (Å²) in [6.07, 6.45) is 2.09. The molecule has 2 N–H and O–H groups in total. The Morgan fingerprint density at radius 1 is 1.07 bits per heavy atom. The van der Waals surface area contributed by atoms with Gasteiger partial charge in [-0.25, -0.2) is 0 Å². The molecular formula is C22H26N2O3. The van der Waals surface area contributed by atoms with Crippen molar-refractivity contribution in [2.24, 2.45) is 0 Å². The maximum absolute atomic E-state index is 10.3. The van der Waals surface area contributed by atoms with Crippen LogP contribution in [0.15, 0.2) is 48.5 Å². The van der Waals surface area contributed by atoms with Gasteiger partial charge in [-0.3, -0.25) is 5.41 Å². The van der Waals surface area contributed by atoms with E-state index in [0.717, 1.165) is 42.8 Å². The van der Waals surface area contributed by atoms with Gasteiger partial charge in [0.2, 0.25) is 0 Å². The fourth-order valence-electron chi connectivity index (χ4n) is 3.90.